The van der Waals surface area contributed by atoms with Gasteiger partial charge in [0.2, 0.25) is 0 Å². The van der Waals surface area contributed by atoms with Crippen LogP contribution in [-0.4, -0.2) is 31.9 Å². The molecule has 0 amide bonds. The summed E-state index contributed by atoms with van der Waals surface area (Å²) in [6, 6.07) is 8.57. The number of methoxy groups -OCH3 is 1. The van der Waals surface area contributed by atoms with Crippen molar-refractivity contribution in [3.05, 3.63) is 42.1 Å². The summed E-state index contributed by atoms with van der Waals surface area (Å²) in [4.78, 5) is 2.19. The molecule has 0 heterocycles. The van der Waals surface area contributed by atoms with Crippen molar-refractivity contribution in [2.75, 3.05) is 21.0 Å². The highest BCUT2D eigenvalue weighted by Crippen LogP contribution is 2.15. The Morgan fingerprint density at radius 2 is 1.80 bits per heavy atom. The number of hydrogen-bond donors (Lipinski definition) is 0. The average Bonchev–Trinajstić information content (AvgIpc) is 2.47. The van der Waals surface area contributed by atoms with E-state index in [1.165, 1.54) is 5.56 Å². The number of nitrogens with zero attached hydrogens (tertiary/aromatic N) is 1. The van der Waals surface area contributed by atoms with Crippen molar-refractivity contribution in [3.63, 3.8) is 0 Å². The maximum absolute atomic E-state index is 5.35. The minimum Gasteiger partial charge on any atom is -0.468 e. The molecule has 0 bridgehead atoms. The Morgan fingerprint density at radius 3 is 2.25 bits per heavy atom. The Hall–Kier alpha value is -1.48. The molecule has 0 aromatic heterocycles. The SMILES string of the molecule is C=C(C)N(C)C(C)Cc1ccc(OCOC)cc1.CC. The predicted molar refractivity (Wildman–Crippen MR) is 86.0 cm³/mol. The summed E-state index contributed by atoms with van der Waals surface area (Å²) in [5, 5.41) is 0. The number of allylic oxidation sites excluding steroid dienone is 1. The maximum atomic E-state index is 5.35. The van der Waals surface area contributed by atoms with Gasteiger partial charge in [0.05, 0.1) is 0 Å². The molecule has 1 rings (SSSR count). The number of rotatable bonds is 7. The number of ether oxygens (including phenoxy) is 2. The summed E-state index contributed by atoms with van der Waals surface area (Å²) in [5.74, 6) is 0.835. The van der Waals surface area contributed by atoms with Crippen molar-refractivity contribution >= 4 is 0 Å². The Kier molecular flexibility index (Phi) is 9.56. The summed E-state index contributed by atoms with van der Waals surface area (Å²) in [5.41, 5.74) is 2.38. The Labute approximate surface area is 124 Å². The zero-order chi connectivity index (χ0) is 15.5. The molecule has 0 saturated carbocycles. The van der Waals surface area contributed by atoms with Gasteiger partial charge in [-0.05, 0) is 38.0 Å². The van der Waals surface area contributed by atoms with E-state index in [9.17, 15) is 0 Å². The second kappa shape index (κ2) is 10.3. The van der Waals surface area contributed by atoms with Gasteiger partial charge in [-0.25, -0.2) is 0 Å². The van der Waals surface area contributed by atoms with E-state index in [0.29, 0.717) is 6.04 Å². The van der Waals surface area contributed by atoms with Gasteiger partial charge < -0.3 is 14.4 Å². The van der Waals surface area contributed by atoms with E-state index in [1.807, 2.05) is 32.9 Å². The number of likely N-dealkylation sites (N-methyl/N-ethyl adjacent to an activating group) is 1. The lowest BCUT2D eigenvalue weighted by molar-refractivity contribution is 0.0511. The van der Waals surface area contributed by atoms with Crippen molar-refractivity contribution in [2.24, 2.45) is 0 Å². The van der Waals surface area contributed by atoms with Gasteiger partial charge in [0, 0.05) is 25.9 Å². The minimum absolute atomic E-state index is 0.286. The summed E-state index contributed by atoms with van der Waals surface area (Å²) >= 11 is 0. The monoisotopic (exact) mass is 279 g/mol. The quantitative estimate of drug-likeness (QED) is 0.702. The van der Waals surface area contributed by atoms with Gasteiger partial charge in [-0.15, -0.1) is 0 Å². The molecule has 3 nitrogen and oxygen atoms in total. The zero-order valence-electron chi connectivity index (χ0n) is 13.8. The molecule has 3 heteroatoms. The van der Waals surface area contributed by atoms with Crippen molar-refractivity contribution < 1.29 is 9.47 Å². The van der Waals surface area contributed by atoms with E-state index in [-0.39, 0.29) is 6.79 Å². The van der Waals surface area contributed by atoms with Gasteiger partial charge in [0.25, 0.3) is 0 Å². The molecule has 0 spiro atoms. The van der Waals surface area contributed by atoms with Crippen LogP contribution in [0.5, 0.6) is 5.75 Å². The Bertz CT molecular complexity index is 373. The standard InChI is InChI=1S/C15H23NO2.C2H6/c1-12(2)16(4)13(3)10-14-6-8-15(9-7-14)18-11-17-5;1-2/h6-9,13H,1,10-11H2,2-5H3;1-2H3. The number of hydrogen-bond acceptors (Lipinski definition) is 3. The summed E-state index contributed by atoms with van der Waals surface area (Å²) in [7, 11) is 3.69. The molecule has 114 valence electrons. The third-order valence-electron chi connectivity index (χ3n) is 3.06. The average molecular weight is 279 g/mol. The fourth-order valence-corrected chi connectivity index (χ4v) is 1.70. The third-order valence-corrected chi connectivity index (χ3v) is 3.06. The highest BCUT2D eigenvalue weighted by Gasteiger charge is 2.09. The summed E-state index contributed by atoms with van der Waals surface area (Å²) in [6.45, 7) is 12.5. The normalized spacial score (nSPS) is 11.1. The van der Waals surface area contributed by atoms with Crippen molar-refractivity contribution in [1.82, 2.24) is 4.90 Å². The molecule has 0 saturated heterocycles. The molecule has 0 aliphatic rings. The molecule has 0 radical (unpaired) electrons. The van der Waals surface area contributed by atoms with Gasteiger partial charge in [-0.3, -0.25) is 0 Å². The van der Waals surface area contributed by atoms with Crippen LogP contribution in [0.1, 0.15) is 33.3 Å². The van der Waals surface area contributed by atoms with Gasteiger partial charge >= 0.3 is 0 Å². The van der Waals surface area contributed by atoms with E-state index in [2.05, 4.69) is 37.6 Å². The highest BCUT2D eigenvalue weighted by atomic mass is 16.7. The van der Waals surface area contributed by atoms with Crippen LogP contribution >= 0.6 is 0 Å². The third kappa shape index (κ3) is 6.62. The van der Waals surface area contributed by atoms with Gasteiger partial charge in [-0.2, -0.15) is 0 Å². The van der Waals surface area contributed by atoms with E-state index in [1.54, 1.807) is 7.11 Å². The fraction of sp³-hybridized carbons (Fsp3) is 0.529. The zero-order valence-corrected chi connectivity index (χ0v) is 13.8. The van der Waals surface area contributed by atoms with E-state index < -0.39 is 0 Å². The second-order valence-corrected chi connectivity index (χ2v) is 4.59. The van der Waals surface area contributed by atoms with Crippen LogP contribution in [0.4, 0.5) is 0 Å². The Morgan fingerprint density at radius 1 is 1.25 bits per heavy atom. The molecule has 1 unspecified atom stereocenters. The van der Waals surface area contributed by atoms with E-state index in [0.717, 1.165) is 17.9 Å². The van der Waals surface area contributed by atoms with Crippen molar-refractivity contribution in [3.8, 4) is 5.75 Å². The van der Waals surface area contributed by atoms with Crippen LogP contribution in [0.25, 0.3) is 0 Å². The molecule has 0 fully saturated rings. The molecular formula is C17H29NO2. The van der Waals surface area contributed by atoms with Crippen molar-refractivity contribution in [2.45, 2.75) is 40.2 Å². The molecule has 0 aliphatic heterocycles. The lowest BCUT2D eigenvalue weighted by atomic mass is 10.1. The van der Waals surface area contributed by atoms with E-state index in [4.69, 9.17) is 9.47 Å². The predicted octanol–water partition coefficient (Wildman–Crippen LogP) is 4.09. The van der Waals surface area contributed by atoms with E-state index >= 15 is 0 Å². The van der Waals surface area contributed by atoms with Crippen LogP contribution in [-0.2, 0) is 11.2 Å². The first-order valence-electron chi connectivity index (χ1n) is 7.13. The smallest absolute Gasteiger partial charge is 0.188 e. The summed E-state index contributed by atoms with van der Waals surface area (Å²) < 4.78 is 10.2. The second-order valence-electron chi connectivity index (χ2n) is 4.59. The first-order chi connectivity index (χ1) is 9.54. The highest BCUT2D eigenvalue weighted by molar-refractivity contribution is 5.27. The summed E-state index contributed by atoms with van der Waals surface area (Å²) in [6.07, 6.45) is 0.994. The number of benzene rings is 1. The molecule has 1 aromatic rings. The first kappa shape index (κ1) is 18.5. The van der Waals surface area contributed by atoms with Crippen LogP contribution in [0.3, 0.4) is 0 Å². The molecule has 1 atom stereocenters. The van der Waals surface area contributed by atoms with Crippen LogP contribution in [0.2, 0.25) is 0 Å². The fourth-order valence-electron chi connectivity index (χ4n) is 1.70. The molecule has 0 aliphatic carbocycles. The van der Waals surface area contributed by atoms with Crippen molar-refractivity contribution in [1.29, 1.82) is 0 Å². The molecule has 1 aromatic carbocycles. The lowest BCUT2D eigenvalue weighted by Gasteiger charge is -2.27. The topological polar surface area (TPSA) is 21.7 Å². The Balaban J connectivity index is 0.00000172. The van der Waals surface area contributed by atoms with Crippen LogP contribution in [0, 0.1) is 0 Å². The molecule has 0 N–H and O–H groups in total. The molecular weight excluding hydrogens is 250 g/mol. The lowest BCUT2D eigenvalue weighted by Crippen LogP contribution is -2.28. The minimum atomic E-state index is 0.286. The first-order valence-corrected chi connectivity index (χ1v) is 7.13. The van der Waals surface area contributed by atoms with Crippen LogP contribution < -0.4 is 4.74 Å². The largest absolute Gasteiger partial charge is 0.468 e. The van der Waals surface area contributed by atoms with Gasteiger partial charge in [0.1, 0.15) is 5.75 Å². The van der Waals surface area contributed by atoms with Gasteiger partial charge in [0.15, 0.2) is 6.79 Å². The maximum Gasteiger partial charge on any atom is 0.188 e. The van der Waals surface area contributed by atoms with Crippen LogP contribution in [0.15, 0.2) is 36.5 Å². The van der Waals surface area contributed by atoms with Gasteiger partial charge in [-0.1, -0.05) is 32.6 Å². The molecule has 20 heavy (non-hydrogen) atoms.